The van der Waals surface area contributed by atoms with E-state index in [1.165, 1.54) is 23.9 Å². The van der Waals surface area contributed by atoms with Gasteiger partial charge in [0.2, 0.25) is 5.91 Å². The van der Waals surface area contributed by atoms with E-state index in [0.29, 0.717) is 39.4 Å². The van der Waals surface area contributed by atoms with Crippen LogP contribution in [0.3, 0.4) is 0 Å². The quantitative estimate of drug-likeness (QED) is 0.265. The van der Waals surface area contributed by atoms with E-state index in [4.69, 9.17) is 11.6 Å². The lowest BCUT2D eigenvalue weighted by atomic mass is 10.2. The second-order valence-corrected chi connectivity index (χ2v) is 8.25. The van der Waals surface area contributed by atoms with Crippen LogP contribution in [0, 0.1) is 17.0 Å². The van der Waals surface area contributed by atoms with Gasteiger partial charge in [-0.25, -0.2) is 0 Å². The molecule has 0 saturated heterocycles. The van der Waals surface area contributed by atoms with E-state index >= 15 is 0 Å². The molecule has 0 radical (unpaired) electrons. The van der Waals surface area contributed by atoms with Crippen molar-refractivity contribution in [1.29, 1.82) is 0 Å². The SMILES string of the molecule is CCn1c(CNC(=O)c2ccccc2Cl)nnc1SCC(=O)Nc1cc([N+](=O)[O-])ccc1C. The van der Waals surface area contributed by atoms with Crippen LogP contribution in [-0.2, 0) is 17.9 Å². The average Bonchev–Trinajstić information content (AvgIpc) is 3.19. The summed E-state index contributed by atoms with van der Waals surface area (Å²) < 4.78 is 1.80. The third kappa shape index (κ3) is 6.08. The third-order valence-electron chi connectivity index (χ3n) is 4.67. The number of anilines is 1. The van der Waals surface area contributed by atoms with Crippen molar-refractivity contribution >= 4 is 46.6 Å². The van der Waals surface area contributed by atoms with Gasteiger partial charge in [0.25, 0.3) is 11.6 Å². The molecule has 0 aliphatic carbocycles. The highest BCUT2D eigenvalue weighted by atomic mass is 35.5. The molecule has 3 aromatic rings. The zero-order chi connectivity index (χ0) is 24.0. The number of hydrogen-bond donors (Lipinski definition) is 2. The van der Waals surface area contributed by atoms with Gasteiger partial charge in [0.1, 0.15) is 0 Å². The van der Waals surface area contributed by atoms with Gasteiger partial charge >= 0.3 is 0 Å². The number of nitrogens with one attached hydrogen (secondary N) is 2. The Kier molecular flexibility index (Phi) is 8.01. The number of amides is 2. The molecule has 10 nitrogen and oxygen atoms in total. The summed E-state index contributed by atoms with van der Waals surface area (Å²) in [5.41, 5.74) is 1.36. The van der Waals surface area contributed by atoms with Crippen LogP contribution in [-0.4, -0.2) is 37.3 Å². The fraction of sp³-hybridized carbons (Fsp3) is 0.238. The molecule has 1 aromatic heterocycles. The second-order valence-electron chi connectivity index (χ2n) is 6.90. The van der Waals surface area contributed by atoms with E-state index in [1.54, 1.807) is 41.8 Å². The number of benzene rings is 2. The summed E-state index contributed by atoms with van der Waals surface area (Å²) in [7, 11) is 0. The molecule has 0 bridgehead atoms. The highest BCUT2D eigenvalue weighted by molar-refractivity contribution is 7.99. The Morgan fingerprint density at radius 3 is 2.67 bits per heavy atom. The Hall–Kier alpha value is -3.44. The van der Waals surface area contributed by atoms with Gasteiger partial charge in [0, 0.05) is 18.7 Å². The van der Waals surface area contributed by atoms with Crippen LogP contribution in [0.5, 0.6) is 0 Å². The van der Waals surface area contributed by atoms with Gasteiger partial charge in [0.15, 0.2) is 11.0 Å². The van der Waals surface area contributed by atoms with Crippen LogP contribution in [0.25, 0.3) is 0 Å². The van der Waals surface area contributed by atoms with Gasteiger partial charge in [-0.05, 0) is 31.5 Å². The van der Waals surface area contributed by atoms with Crippen molar-refractivity contribution in [2.45, 2.75) is 32.1 Å². The molecule has 2 aromatic carbocycles. The molecule has 2 amide bonds. The first-order chi connectivity index (χ1) is 15.8. The number of halogens is 1. The Morgan fingerprint density at radius 2 is 1.97 bits per heavy atom. The smallest absolute Gasteiger partial charge is 0.271 e. The van der Waals surface area contributed by atoms with Crippen molar-refractivity contribution in [2.75, 3.05) is 11.1 Å². The lowest BCUT2D eigenvalue weighted by Crippen LogP contribution is -2.25. The zero-order valence-electron chi connectivity index (χ0n) is 17.9. The highest BCUT2D eigenvalue weighted by Gasteiger charge is 2.16. The normalized spacial score (nSPS) is 10.6. The van der Waals surface area contributed by atoms with Gasteiger partial charge in [0.05, 0.1) is 33.5 Å². The fourth-order valence-corrected chi connectivity index (χ4v) is 3.99. The molecular formula is C21H21ClN6O4S. The van der Waals surface area contributed by atoms with Gasteiger partial charge in [-0.2, -0.15) is 0 Å². The number of nitro groups is 1. The first-order valence-electron chi connectivity index (χ1n) is 9.92. The molecule has 2 N–H and O–H groups in total. The summed E-state index contributed by atoms with van der Waals surface area (Å²) in [6, 6.07) is 11.0. The largest absolute Gasteiger partial charge is 0.345 e. The maximum Gasteiger partial charge on any atom is 0.271 e. The van der Waals surface area contributed by atoms with Crippen LogP contribution < -0.4 is 10.6 Å². The lowest BCUT2D eigenvalue weighted by Gasteiger charge is -2.10. The van der Waals surface area contributed by atoms with Crippen molar-refractivity contribution in [3.05, 3.63) is 74.6 Å². The van der Waals surface area contributed by atoms with Crippen LogP contribution in [0.4, 0.5) is 11.4 Å². The Morgan fingerprint density at radius 1 is 1.21 bits per heavy atom. The van der Waals surface area contributed by atoms with E-state index < -0.39 is 4.92 Å². The topological polar surface area (TPSA) is 132 Å². The number of hydrogen-bond acceptors (Lipinski definition) is 7. The molecule has 0 aliphatic heterocycles. The molecule has 0 saturated carbocycles. The molecule has 0 atom stereocenters. The number of thioether (sulfide) groups is 1. The van der Waals surface area contributed by atoms with Gasteiger partial charge < -0.3 is 15.2 Å². The number of aryl methyl sites for hydroxylation is 1. The first kappa shape index (κ1) is 24.2. The van der Waals surface area contributed by atoms with Crippen LogP contribution in [0.15, 0.2) is 47.6 Å². The number of carbonyl (C=O) groups excluding carboxylic acids is 2. The molecule has 0 spiro atoms. The Balaban J connectivity index is 1.60. The van der Waals surface area contributed by atoms with Gasteiger partial charge in [-0.1, -0.05) is 41.6 Å². The third-order valence-corrected chi connectivity index (χ3v) is 5.97. The lowest BCUT2D eigenvalue weighted by molar-refractivity contribution is -0.384. The first-order valence-corrected chi connectivity index (χ1v) is 11.3. The van der Waals surface area contributed by atoms with E-state index in [1.807, 2.05) is 6.92 Å². The predicted octanol–water partition coefficient (Wildman–Crippen LogP) is 3.83. The van der Waals surface area contributed by atoms with Crippen molar-refractivity contribution in [1.82, 2.24) is 20.1 Å². The Bertz CT molecular complexity index is 1200. The number of aromatic nitrogens is 3. The summed E-state index contributed by atoms with van der Waals surface area (Å²) >= 11 is 7.24. The second kappa shape index (κ2) is 10.9. The van der Waals surface area contributed by atoms with Crippen molar-refractivity contribution in [3.8, 4) is 0 Å². The highest BCUT2D eigenvalue weighted by Crippen LogP contribution is 2.23. The number of non-ortho nitro benzene ring substituents is 1. The summed E-state index contributed by atoms with van der Waals surface area (Å²) in [6.07, 6.45) is 0. The molecule has 0 unspecified atom stereocenters. The molecule has 172 valence electrons. The molecule has 33 heavy (non-hydrogen) atoms. The molecule has 0 aliphatic rings. The molecule has 12 heteroatoms. The monoisotopic (exact) mass is 488 g/mol. The molecular weight excluding hydrogens is 468 g/mol. The zero-order valence-corrected chi connectivity index (χ0v) is 19.4. The summed E-state index contributed by atoms with van der Waals surface area (Å²) in [6.45, 7) is 4.34. The molecule has 0 fully saturated rings. The molecule has 3 rings (SSSR count). The number of carbonyl (C=O) groups is 2. The van der Waals surface area contributed by atoms with Crippen LogP contribution >= 0.6 is 23.4 Å². The minimum Gasteiger partial charge on any atom is -0.345 e. The maximum absolute atomic E-state index is 12.4. The van der Waals surface area contributed by atoms with Gasteiger partial charge in [-0.3, -0.25) is 19.7 Å². The van der Waals surface area contributed by atoms with E-state index in [-0.39, 0.29) is 29.8 Å². The van der Waals surface area contributed by atoms with E-state index in [0.717, 1.165) is 0 Å². The summed E-state index contributed by atoms with van der Waals surface area (Å²) in [5, 5.41) is 25.5. The van der Waals surface area contributed by atoms with Crippen molar-refractivity contribution in [2.24, 2.45) is 0 Å². The number of nitrogens with zero attached hydrogens (tertiary/aromatic N) is 4. The van der Waals surface area contributed by atoms with Crippen LogP contribution in [0.1, 0.15) is 28.7 Å². The Labute approximate surface area is 198 Å². The minimum absolute atomic E-state index is 0.0340. The fourth-order valence-electron chi connectivity index (χ4n) is 2.95. The maximum atomic E-state index is 12.4. The summed E-state index contributed by atoms with van der Waals surface area (Å²) in [5.74, 6) is -0.0861. The van der Waals surface area contributed by atoms with Gasteiger partial charge in [-0.15, -0.1) is 10.2 Å². The average molecular weight is 489 g/mol. The van der Waals surface area contributed by atoms with Crippen LogP contribution in [0.2, 0.25) is 5.02 Å². The minimum atomic E-state index is -0.514. The van der Waals surface area contributed by atoms with Crippen molar-refractivity contribution < 1.29 is 14.5 Å². The predicted molar refractivity (Wildman–Crippen MR) is 126 cm³/mol. The number of rotatable bonds is 9. The van der Waals surface area contributed by atoms with Crippen molar-refractivity contribution in [3.63, 3.8) is 0 Å². The van der Waals surface area contributed by atoms with E-state index in [2.05, 4.69) is 20.8 Å². The van der Waals surface area contributed by atoms with E-state index in [9.17, 15) is 19.7 Å². The number of nitro benzene ring substituents is 1. The summed E-state index contributed by atoms with van der Waals surface area (Å²) in [4.78, 5) is 35.2. The standard InChI is InChI=1S/C21H21ClN6O4S/c1-3-27-18(11-23-20(30)15-6-4-5-7-16(15)22)25-26-21(27)33-12-19(29)24-17-10-14(28(31)32)9-8-13(17)2/h4-10H,3,11-12H2,1-2H3,(H,23,30)(H,24,29). The molecule has 1 heterocycles.